The van der Waals surface area contributed by atoms with Crippen molar-refractivity contribution in [1.82, 2.24) is 0 Å². The molecule has 0 aliphatic heterocycles. The van der Waals surface area contributed by atoms with Crippen molar-refractivity contribution < 1.29 is 19.1 Å². The molecule has 0 saturated heterocycles. The molecular formula is C20H26O4S2. The van der Waals surface area contributed by atoms with Gasteiger partial charge in [0.25, 0.3) is 0 Å². The average molecular weight is 395 g/mol. The zero-order chi connectivity index (χ0) is 18.5. The van der Waals surface area contributed by atoms with E-state index in [2.05, 4.69) is 0 Å². The highest BCUT2D eigenvalue weighted by Crippen LogP contribution is 2.13. The Kier molecular flexibility index (Phi) is 10.1. The van der Waals surface area contributed by atoms with Crippen molar-refractivity contribution in [3.63, 3.8) is 0 Å². The Balaban J connectivity index is 1.33. The fourth-order valence-corrected chi connectivity index (χ4v) is 3.76. The number of carbonyl (C=O) groups excluding carboxylic acids is 2. The lowest BCUT2D eigenvalue weighted by atomic mass is 10.1. The van der Waals surface area contributed by atoms with Crippen molar-refractivity contribution in [3.05, 3.63) is 44.8 Å². The van der Waals surface area contributed by atoms with Crippen LogP contribution in [0.1, 0.15) is 70.7 Å². The molecule has 0 aliphatic rings. The molecule has 6 heteroatoms. The Bertz CT molecular complexity index is 564. The summed E-state index contributed by atoms with van der Waals surface area (Å²) in [6.07, 6.45) is 8.79. The third-order valence-corrected chi connectivity index (χ3v) is 5.65. The summed E-state index contributed by atoms with van der Waals surface area (Å²) in [6, 6.07) is 7.29. The average Bonchev–Trinajstić information content (AvgIpc) is 3.35. The van der Waals surface area contributed by atoms with Crippen LogP contribution in [-0.4, -0.2) is 25.2 Å². The molecule has 0 N–H and O–H groups in total. The number of thiophene rings is 2. The third kappa shape index (κ3) is 8.15. The monoisotopic (exact) mass is 394 g/mol. The normalized spacial score (nSPS) is 10.6. The smallest absolute Gasteiger partial charge is 0.348 e. The van der Waals surface area contributed by atoms with Crippen molar-refractivity contribution in [1.29, 1.82) is 0 Å². The van der Waals surface area contributed by atoms with Gasteiger partial charge in [-0.3, -0.25) is 0 Å². The molecule has 0 unspecified atom stereocenters. The maximum absolute atomic E-state index is 11.6. The van der Waals surface area contributed by atoms with Crippen molar-refractivity contribution in [2.75, 3.05) is 13.2 Å². The minimum Gasteiger partial charge on any atom is -0.462 e. The molecule has 0 radical (unpaired) electrons. The largest absolute Gasteiger partial charge is 0.462 e. The second kappa shape index (κ2) is 12.7. The number of ether oxygens (including phenoxy) is 2. The molecule has 0 atom stereocenters. The van der Waals surface area contributed by atoms with Gasteiger partial charge in [-0.25, -0.2) is 9.59 Å². The Morgan fingerprint density at radius 2 is 1.04 bits per heavy atom. The number of hydrogen-bond acceptors (Lipinski definition) is 6. The van der Waals surface area contributed by atoms with Crippen LogP contribution in [0, 0.1) is 0 Å². The predicted octanol–water partition coefficient (Wildman–Crippen LogP) is 5.94. The molecule has 0 spiro atoms. The first-order valence-electron chi connectivity index (χ1n) is 9.18. The van der Waals surface area contributed by atoms with Crippen LogP contribution in [0.15, 0.2) is 35.0 Å². The first-order valence-corrected chi connectivity index (χ1v) is 10.9. The maximum atomic E-state index is 11.6. The van der Waals surface area contributed by atoms with Crippen LogP contribution in [0.2, 0.25) is 0 Å². The summed E-state index contributed by atoms with van der Waals surface area (Å²) in [5, 5.41) is 3.76. The lowest BCUT2D eigenvalue weighted by Gasteiger charge is -2.05. The lowest BCUT2D eigenvalue weighted by Crippen LogP contribution is -2.04. The molecule has 2 rings (SSSR count). The number of carbonyl (C=O) groups is 2. The van der Waals surface area contributed by atoms with Crippen LogP contribution in [0.4, 0.5) is 0 Å². The molecule has 0 aliphatic carbocycles. The second-order valence-corrected chi connectivity index (χ2v) is 7.95. The van der Waals surface area contributed by atoms with Gasteiger partial charge >= 0.3 is 11.9 Å². The van der Waals surface area contributed by atoms with Crippen LogP contribution in [0.25, 0.3) is 0 Å². The Morgan fingerprint density at radius 3 is 1.38 bits per heavy atom. The van der Waals surface area contributed by atoms with E-state index in [-0.39, 0.29) is 11.9 Å². The molecule has 2 aromatic heterocycles. The van der Waals surface area contributed by atoms with Crippen LogP contribution >= 0.6 is 22.7 Å². The van der Waals surface area contributed by atoms with Crippen LogP contribution in [0.5, 0.6) is 0 Å². The molecule has 0 bridgehead atoms. The second-order valence-electron chi connectivity index (χ2n) is 6.05. The van der Waals surface area contributed by atoms with Gasteiger partial charge in [0.05, 0.1) is 13.2 Å². The topological polar surface area (TPSA) is 52.6 Å². The fraction of sp³-hybridized carbons (Fsp3) is 0.500. The highest BCUT2D eigenvalue weighted by molar-refractivity contribution is 7.12. The molecule has 2 aromatic rings. The van der Waals surface area contributed by atoms with Crippen molar-refractivity contribution >= 4 is 34.6 Å². The first-order chi connectivity index (χ1) is 12.8. The van der Waals surface area contributed by atoms with Gasteiger partial charge in [-0.1, -0.05) is 50.7 Å². The van der Waals surface area contributed by atoms with Crippen molar-refractivity contribution in [3.8, 4) is 0 Å². The van der Waals surface area contributed by atoms with Gasteiger partial charge in [0.2, 0.25) is 0 Å². The summed E-state index contributed by atoms with van der Waals surface area (Å²) < 4.78 is 10.5. The third-order valence-electron chi connectivity index (χ3n) is 3.95. The van der Waals surface area contributed by atoms with Gasteiger partial charge in [-0.05, 0) is 35.7 Å². The van der Waals surface area contributed by atoms with E-state index in [1.54, 1.807) is 12.1 Å². The van der Waals surface area contributed by atoms with E-state index >= 15 is 0 Å². The Morgan fingerprint density at radius 1 is 0.654 bits per heavy atom. The van der Waals surface area contributed by atoms with Gasteiger partial charge in [0.1, 0.15) is 9.75 Å². The van der Waals surface area contributed by atoms with Gasteiger partial charge in [0.15, 0.2) is 0 Å². The zero-order valence-corrected chi connectivity index (χ0v) is 16.6. The van der Waals surface area contributed by atoms with E-state index in [1.807, 2.05) is 22.9 Å². The van der Waals surface area contributed by atoms with Crippen LogP contribution < -0.4 is 0 Å². The van der Waals surface area contributed by atoms with Gasteiger partial charge in [-0.15, -0.1) is 22.7 Å². The molecule has 4 nitrogen and oxygen atoms in total. The summed E-state index contributed by atoms with van der Waals surface area (Å²) >= 11 is 2.83. The molecule has 142 valence electrons. The van der Waals surface area contributed by atoms with E-state index < -0.39 is 0 Å². The van der Waals surface area contributed by atoms with E-state index in [0.717, 1.165) is 25.7 Å². The predicted molar refractivity (Wildman–Crippen MR) is 106 cm³/mol. The quantitative estimate of drug-likeness (QED) is 0.311. The molecular weight excluding hydrogens is 368 g/mol. The summed E-state index contributed by atoms with van der Waals surface area (Å²) in [5.74, 6) is -0.417. The minimum absolute atomic E-state index is 0.209. The first kappa shape index (κ1) is 20.6. The number of esters is 2. The van der Waals surface area contributed by atoms with E-state index in [4.69, 9.17) is 9.47 Å². The molecule has 0 saturated carbocycles. The minimum atomic E-state index is -0.209. The Labute approximate surface area is 163 Å². The fourth-order valence-electron chi connectivity index (χ4n) is 2.53. The van der Waals surface area contributed by atoms with Crippen molar-refractivity contribution in [2.24, 2.45) is 0 Å². The van der Waals surface area contributed by atoms with Gasteiger partial charge in [-0.2, -0.15) is 0 Å². The summed E-state index contributed by atoms with van der Waals surface area (Å²) in [4.78, 5) is 24.6. The maximum Gasteiger partial charge on any atom is 0.348 e. The molecule has 0 aromatic carbocycles. The number of hydrogen-bond donors (Lipinski definition) is 0. The lowest BCUT2D eigenvalue weighted by molar-refractivity contribution is 0.0493. The van der Waals surface area contributed by atoms with E-state index in [0.29, 0.717) is 23.0 Å². The van der Waals surface area contributed by atoms with E-state index in [9.17, 15) is 9.59 Å². The van der Waals surface area contributed by atoms with Crippen LogP contribution in [-0.2, 0) is 9.47 Å². The standard InChI is InChI=1S/C20H26O4S2/c21-19(17-11-9-15-25-17)23-13-7-5-3-1-2-4-6-8-14-24-20(22)18-12-10-16-26-18/h9-12,15-16H,1-8,13-14H2. The molecule has 0 fully saturated rings. The van der Waals surface area contributed by atoms with Crippen LogP contribution in [0.3, 0.4) is 0 Å². The van der Waals surface area contributed by atoms with Gasteiger partial charge < -0.3 is 9.47 Å². The number of rotatable bonds is 13. The SMILES string of the molecule is O=C(OCCCCCCCCCCOC(=O)c1cccs1)c1cccs1. The zero-order valence-electron chi connectivity index (χ0n) is 15.0. The molecule has 26 heavy (non-hydrogen) atoms. The highest BCUT2D eigenvalue weighted by Gasteiger charge is 2.07. The summed E-state index contributed by atoms with van der Waals surface area (Å²) in [5.41, 5.74) is 0. The summed E-state index contributed by atoms with van der Waals surface area (Å²) in [6.45, 7) is 1.01. The van der Waals surface area contributed by atoms with Crippen molar-refractivity contribution in [2.45, 2.75) is 51.4 Å². The van der Waals surface area contributed by atoms with E-state index in [1.165, 1.54) is 48.4 Å². The Hall–Kier alpha value is -1.66. The summed E-state index contributed by atoms with van der Waals surface area (Å²) in [7, 11) is 0. The molecule has 0 amide bonds. The highest BCUT2D eigenvalue weighted by atomic mass is 32.1. The molecule has 2 heterocycles. The number of unbranched alkanes of at least 4 members (excludes halogenated alkanes) is 7. The van der Waals surface area contributed by atoms with Gasteiger partial charge in [0, 0.05) is 0 Å².